The molecule has 0 aliphatic carbocycles. The molecule has 3 rings (SSSR count). The summed E-state index contributed by atoms with van der Waals surface area (Å²) < 4.78 is 35.1. The third-order valence-corrected chi connectivity index (χ3v) is 5.92. The molecule has 0 radical (unpaired) electrons. The van der Waals surface area contributed by atoms with Crippen molar-refractivity contribution >= 4 is 42.2 Å². The summed E-state index contributed by atoms with van der Waals surface area (Å²) >= 11 is 0. The van der Waals surface area contributed by atoms with Crippen LogP contribution in [-0.2, 0) is 19.0 Å². The summed E-state index contributed by atoms with van der Waals surface area (Å²) in [5, 5.41) is 3.07. The number of nitrogens with zero attached hydrogens (tertiary/aromatic N) is 4. The predicted molar refractivity (Wildman–Crippen MR) is 128 cm³/mol. The first-order valence-corrected chi connectivity index (χ1v) is 12.4. The molecule has 2 aromatic heterocycles. The Morgan fingerprint density at radius 2 is 1.84 bits per heavy atom. The van der Waals surface area contributed by atoms with Crippen LogP contribution < -0.4 is 9.99 Å². The minimum atomic E-state index is -3.71. The Labute approximate surface area is 191 Å². The first kappa shape index (κ1) is 24.4. The first-order valence-electron chi connectivity index (χ1n) is 10.0. The van der Waals surface area contributed by atoms with Crippen LogP contribution in [0.25, 0.3) is 11.2 Å². The van der Waals surface area contributed by atoms with E-state index in [-0.39, 0.29) is 18.7 Å². The average molecular weight is 478 g/mol. The Kier molecular flexibility index (Phi) is 8.08. The molecule has 0 aliphatic rings. The summed E-state index contributed by atoms with van der Waals surface area (Å²) in [5.74, 6) is 0.596. The van der Waals surface area contributed by atoms with Gasteiger partial charge in [-0.05, 0) is 38.1 Å². The van der Waals surface area contributed by atoms with Crippen LogP contribution in [0, 0.1) is 0 Å². The second-order valence-corrected chi connectivity index (χ2v) is 9.87. The van der Waals surface area contributed by atoms with E-state index in [2.05, 4.69) is 29.4 Å². The fourth-order valence-corrected chi connectivity index (χ4v) is 3.68. The molecule has 9 nitrogen and oxygen atoms in total. The van der Waals surface area contributed by atoms with Crippen LogP contribution in [0.15, 0.2) is 54.9 Å². The second-order valence-electron chi connectivity index (χ2n) is 7.98. The van der Waals surface area contributed by atoms with E-state index in [1.807, 2.05) is 61.2 Å². The molecule has 32 heavy (non-hydrogen) atoms. The molecule has 0 bridgehead atoms. The lowest BCUT2D eigenvalue weighted by Crippen LogP contribution is -2.41. The third kappa shape index (κ3) is 7.15. The van der Waals surface area contributed by atoms with Gasteiger partial charge in [0.1, 0.15) is 17.4 Å². The summed E-state index contributed by atoms with van der Waals surface area (Å²) in [5.41, 5.74) is 1.70. The van der Waals surface area contributed by atoms with E-state index in [0.717, 1.165) is 11.9 Å². The SMILES string of the molecule is CC(C)(COCC(CN(c1ccccc1)c1ccc2nccnc2n1)OS(C)(=O)=O)NP. The topological polar surface area (TPSA) is 107 Å². The van der Waals surface area contributed by atoms with Gasteiger partial charge in [0.25, 0.3) is 10.1 Å². The van der Waals surface area contributed by atoms with Gasteiger partial charge in [0.15, 0.2) is 5.65 Å². The Morgan fingerprint density at radius 3 is 2.53 bits per heavy atom. The largest absolute Gasteiger partial charge is 0.377 e. The summed E-state index contributed by atoms with van der Waals surface area (Å²) in [6, 6.07) is 13.2. The number of nitrogens with one attached hydrogen (secondary N) is 1. The number of para-hydroxylation sites is 1. The molecular formula is C21H28N5O4PS. The molecule has 0 aliphatic heterocycles. The molecular weight excluding hydrogens is 449 g/mol. The quantitative estimate of drug-likeness (QED) is 0.329. The Bertz CT molecular complexity index is 1130. The number of fused-ring (bicyclic) bond motifs is 1. The number of aromatic nitrogens is 3. The molecule has 2 atom stereocenters. The molecule has 1 N–H and O–H groups in total. The van der Waals surface area contributed by atoms with E-state index < -0.39 is 16.2 Å². The lowest BCUT2D eigenvalue weighted by molar-refractivity contribution is 0.0351. The molecule has 3 aromatic rings. The van der Waals surface area contributed by atoms with Crippen LogP contribution in [0.2, 0.25) is 0 Å². The van der Waals surface area contributed by atoms with Crippen molar-refractivity contribution in [1.82, 2.24) is 20.0 Å². The van der Waals surface area contributed by atoms with Gasteiger partial charge < -0.3 is 9.64 Å². The molecule has 0 amide bonds. The minimum Gasteiger partial charge on any atom is -0.377 e. The monoisotopic (exact) mass is 477 g/mol. The van der Waals surface area contributed by atoms with Crippen molar-refractivity contribution in [2.24, 2.45) is 0 Å². The van der Waals surface area contributed by atoms with Crippen molar-refractivity contribution in [2.75, 3.05) is 30.9 Å². The number of benzene rings is 1. The second kappa shape index (κ2) is 10.6. The third-order valence-electron chi connectivity index (χ3n) is 4.52. The van der Waals surface area contributed by atoms with Gasteiger partial charge in [-0.15, -0.1) is 0 Å². The van der Waals surface area contributed by atoms with Crippen LogP contribution in [0.5, 0.6) is 0 Å². The normalized spacial score (nSPS) is 13.2. The number of pyridine rings is 1. The lowest BCUT2D eigenvalue weighted by atomic mass is 10.1. The van der Waals surface area contributed by atoms with Crippen LogP contribution in [0.1, 0.15) is 13.8 Å². The number of ether oxygens (including phenoxy) is 1. The number of hydrogen-bond acceptors (Lipinski definition) is 9. The molecule has 1 aromatic carbocycles. The molecule has 172 valence electrons. The van der Waals surface area contributed by atoms with E-state index in [1.165, 1.54) is 0 Å². The number of rotatable bonds is 11. The molecule has 0 spiro atoms. The first-order chi connectivity index (χ1) is 15.2. The Balaban J connectivity index is 1.90. The predicted octanol–water partition coefficient (Wildman–Crippen LogP) is 2.68. The summed E-state index contributed by atoms with van der Waals surface area (Å²) in [6.45, 7) is 4.60. The maximum atomic E-state index is 11.9. The van der Waals surface area contributed by atoms with Gasteiger partial charge in [-0.2, -0.15) is 8.42 Å². The minimum absolute atomic E-state index is 0.0829. The van der Waals surface area contributed by atoms with Crippen LogP contribution >= 0.6 is 9.39 Å². The van der Waals surface area contributed by atoms with E-state index >= 15 is 0 Å². The zero-order valence-electron chi connectivity index (χ0n) is 18.3. The summed E-state index contributed by atoms with van der Waals surface area (Å²) in [6.07, 6.45) is 3.46. The van der Waals surface area contributed by atoms with Gasteiger partial charge in [0.05, 0.1) is 26.0 Å². The maximum absolute atomic E-state index is 11.9. The van der Waals surface area contributed by atoms with Crippen LogP contribution in [0.4, 0.5) is 11.5 Å². The van der Waals surface area contributed by atoms with E-state index in [1.54, 1.807) is 12.4 Å². The molecule has 2 heterocycles. The van der Waals surface area contributed by atoms with Crippen LogP contribution in [0.3, 0.4) is 0 Å². The highest BCUT2D eigenvalue weighted by atomic mass is 32.2. The number of anilines is 2. The average Bonchev–Trinajstić information content (AvgIpc) is 2.76. The standard InChI is InChI=1S/C21H28N5O4PS/c1-21(2,25-31)15-29-14-17(30-32(3,27)28)13-26(16-7-5-4-6-8-16)19-10-9-18-20(24-19)23-12-11-22-18/h4-12,17,25H,13-15,31H2,1-3H3. The molecule has 0 fully saturated rings. The fourth-order valence-electron chi connectivity index (χ4n) is 2.98. The molecule has 0 saturated heterocycles. The van der Waals surface area contributed by atoms with Crippen molar-refractivity contribution in [3.8, 4) is 0 Å². The highest BCUT2D eigenvalue weighted by Gasteiger charge is 2.24. The maximum Gasteiger partial charge on any atom is 0.264 e. The van der Waals surface area contributed by atoms with Gasteiger partial charge in [0, 0.05) is 23.6 Å². The Hall–Kier alpha value is -2.23. The van der Waals surface area contributed by atoms with Crippen molar-refractivity contribution in [2.45, 2.75) is 25.5 Å². The smallest absolute Gasteiger partial charge is 0.264 e. The van der Waals surface area contributed by atoms with Crippen molar-refractivity contribution in [3.05, 3.63) is 54.9 Å². The van der Waals surface area contributed by atoms with E-state index in [9.17, 15) is 8.42 Å². The van der Waals surface area contributed by atoms with E-state index in [4.69, 9.17) is 8.92 Å². The lowest BCUT2D eigenvalue weighted by Gasteiger charge is -2.29. The van der Waals surface area contributed by atoms with Crippen molar-refractivity contribution in [3.63, 3.8) is 0 Å². The molecule has 0 saturated carbocycles. The van der Waals surface area contributed by atoms with Gasteiger partial charge in [-0.25, -0.2) is 9.97 Å². The summed E-state index contributed by atoms with van der Waals surface area (Å²) in [4.78, 5) is 15.1. The zero-order valence-corrected chi connectivity index (χ0v) is 20.3. The summed E-state index contributed by atoms with van der Waals surface area (Å²) in [7, 11) is -1.25. The van der Waals surface area contributed by atoms with Gasteiger partial charge in [-0.3, -0.25) is 14.3 Å². The van der Waals surface area contributed by atoms with E-state index in [0.29, 0.717) is 23.6 Å². The van der Waals surface area contributed by atoms with Gasteiger partial charge in [0.2, 0.25) is 0 Å². The van der Waals surface area contributed by atoms with Gasteiger partial charge in [-0.1, -0.05) is 27.6 Å². The zero-order chi connectivity index (χ0) is 23.2. The highest BCUT2D eigenvalue weighted by molar-refractivity contribution is 7.86. The highest BCUT2D eigenvalue weighted by Crippen LogP contribution is 2.26. The van der Waals surface area contributed by atoms with Crippen molar-refractivity contribution in [1.29, 1.82) is 0 Å². The molecule has 11 heteroatoms. The van der Waals surface area contributed by atoms with Crippen molar-refractivity contribution < 1.29 is 17.3 Å². The van der Waals surface area contributed by atoms with Gasteiger partial charge >= 0.3 is 0 Å². The van der Waals surface area contributed by atoms with Crippen LogP contribution in [-0.4, -0.2) is 61.0 Å². The molecule has 2 unspecified atom stereocenters. The Morgan fingerprint density at radius 1 is 1.12 bits per heavy atom. The fraction of sp³-hybridized carbons (Fsp3) is 0.381. The number of hydrogen-bond donors (Lipinski definition) is 1.